The second kappa shape index (κ2) is 6.04. The fourth-order valence-electron chi connectivity index (χ4n) is 1.77. The molecular formula is C12H11ClF2N2O3. The molecule has 0 saturated carbocycles. The number of amides is 2. The molecule has 108 valence electrons. The maximum Gasteiger partial charge on any atom is 0.338 e. The van der Waals surface area contributed by atoms with E-state index in [0.717, 1.165) is 0 Å². The van der Waals surface area contributed by atoms with E-state index in [-0.39, 0.29) is 16.6 Å². The van der Waals surface area contributed by atoms with Gasteiger partial charge in [0.2, 0.25) is 0 Å². The molecule has 1 saturated heterocycles. The van der Waals surface area contributed by atoms with E-state index >= 15 is 0 Å². The van der Waals surface area contributed by atoms with Crippen LogP contribution in [0.25, 0.3) is 0 Å². The molecule has 2 amide bonds. The molecule has 1 aromatic carbocycles. The van der Waals surface area contributed by atoms with E-state index < -0.39 is 19.0 Å². The van der Waals surface area contributed by atoms with E-state index in [1.807, 2.05) is 0 Å². The van der Waals surface area contributed by atoms with Gasteiger partial charge in [0.1, 0.15) is 0 Å². The molecule has 2 rings (SSSR count). The number of urea groups is 1. The number of halogens is 3. The number of benzene rings is 1. The van der Waals surface area contributed by atoms with Crippen LogP contribution in [0.4, 0.5) is 19.3 Å². The zero-order chi connectivity index (χ0) is 14.7. The van der Waals surface area contributed by atoms with Gasteiger partial charge in [-0.1, -0.05) is 11.6 Å². The summed E-state index contributed by atoms with van der Waals surface area (Å²) in [5.74, 6) is -0.886. The minimum absolute atomic E-state index is 0.0600. The topological polar surface area (TPSA) is 58.6 Å². The summed E-state index contributed by atoms with van der Waals surface area (Å²) in [6.07, 6.45) is -2.73. The zero-order valence-corrected chi connectivity index (χ0v) is 11.0. The predicted molar refractivity (Wildman–Crippen MR) is 68.5 cm³/mol. The van der Waals surface area contributed by atoms with Gasteiger partial charge >= 0.3 is 12.0 Å². The summed E-state index contributed by atoms with van der Waals surface area (Å²) < 4.78 is 28.4. The lowest BCUT2D eigenvalue weighted by atomic mass is 10.2. The third-order valence-corrected chi connectivity index (χ3v) is 2.99. The summed E-state index contributed by atoms with van der Waals surface area (Å²) in [6, 6.07) is 3.79. The molecule has 1 fully saturated rings. The van der Waals surface area contributed by atoms with E-state index in [9.17, 15) is 18.4 Å². The maximum absolute atomic E-state index is 12.0. The number of carbonyl (C=O) groups is 2. The second-order valence-electron chi connectivity index (χ2n) is 4.04. The van der Waals surface area contributed by atoms with Crippen LogP contribution in [0.2, 0.25) is 5.02 Å². The van der Waals surface area contributed by atoms with Gasteiger partial charge in [0.25, 0.3) is 6.43 Å². The van der Waals surface area contributed by atoms with Gasteiger partial charge in [0.15, 0.2) is 6.61 Å². The highest BCUT2D eigenvalue weighted by Crippen LogP contribution is 2.28. The first kappa shape index (κ1) is 14.5. The molecule has 1 N–H and O–H groups in total. The van der Waals surface area contributed by atoms with Crippen molar-refractivity contribution in [3.05, 3.63) is 28.8 Å². The summed E-state index contributed by atoms with van der Waals surface area (Å²) >= 11 is 5.98. The SMILES string of the molecule is O=C(OCC(F)F)c1ccc(Cl)c(N2CCNC2=O)c1. The average Bonchev–Trinajstić information content (AvgIpc) is 2.82. The van der Waals surface area contributed by atoms with Crippen molar-refractivity contribution in [1.29, 1.82) is 0 Å². The summed E-state index contributed by atoms with van der Waals surface area (Å²) in [5, 5.41) is 2.88. The number of carbonyl (C=O) groups excluding carboxylic acids is 2. The van der Waals surface area contributed by atoms with Gasteiger partial charge in [-0.2, -0.15) is 0 Å². The van der Waals surface area contributed by atoms with Crippen molar-refractivity contribution in [3.8, 4) is 0 Å². The van der Waals surface area contributed by atoms with Gasteiger partial charge in [-0.15, -0.1) is 0 Å². The van der Waals surface area contributed by atoms with Crippen LogP contribution in [0.5, 0.6) is 0 Å². The largest absolute Gasteiger partial charge is 0.456 e. The number of alkyl halides is 2. The Morgan fingerprint density at radius 1 is 1.50 bits per heavy atom. The molecule has 20 heavy (non-hydrogen) atoms. The summed E-state index contributed by atoms with van der Waals surface area (Å²) in [5.41, 5.74) is 0.401. The summed E-state index contributed by atoms with van der Waals surface area (Å²) in [6.45, 7) is -0.0930. The van der Waals surface area contributed by atoms with Crippen molar-refractivity contribution in [2.75, 3.05) is 24.6 Å². The minimum atomic E-state index is -2.73. The van der Waals surface area contributed by atoms with E-state index in [1.165, 1.54) is 23.1 Å². The monoisotopic (exact) mass is 304 g/mol. The fourth-order valence-corrected chi connectivity index (χ4v) is 1.99. The standard InChI is InChI=1S/C12H11ClF2N2O3/c13-8-2-1-7(11(18)20-6-10(14)15)5-9(8)17-4-3-16-12(17)19/h1-2,5,10H,3-4,6H2,(H,16,19). The smallest absolute Gasteiger partial charge is 0.338 e. The molecule has 0 aliphatic carbocycles. The van der Waals surface area contributed by atoms with Gasteiger partial charge < -0.3 is 10.1 Å². The number of nitrogens with one attached hydrogen (secondary N) is 1. The Balaban J connectivity index is 2.20. The van der Waals surface area contributed by atoms with Crippen molar-refractivity contribution in [1.82, 2.24) is 5.32 Å². The van der Waals surface area contributed by atoms with Crippen LogP contribution >= 0.6 is 11.6 Å². The lowest BCUT2D eigenvalue weighted by Gasteiger charge is -2.16. The molecule has 0 unspecified atom stereocenters. The number of hydrogen-bond donors (Lipinski definition) is 1. The van der Waals surface area contributed by atoms with Crippen LogP contribution < -0.4 is 10.2 Å². The average molecular weight is 305 g/mol. The second-order valence-corrected chi connectivity index (χ2v) is 4.45. The molecule has 1 aliphatic heterocycles. The number of hydrogen-bond acceptors (Lipinski definition) is 3. The first-order chi connectivity index (χ1) is 9.49. The van der Waals surface area contributed by atoms with Crippen LogP contribution in [0.15, 0.2) is 18.2 Å². The molecule has 0 spiro atoms. The molecule has 0 radical (unpaired) electrons. The van der Waals surface area contributed by atoms with E-state index in [0.29, 0.717) is 18.8 Å². The molecular weight excluding hydrogens is 294 g/mol. The molecule has 1 aromatic rings. The molecule has 5 nitrogen and oxygen atoms in total. The first-order valence-electron chi connectivity index (χ1n) is 5.79. The molecule has 1 aliphatic rings. The van der Waals surface area contributed by atoms with Gasteiger partial charge in [-0.3, -0.25) is 4.90 Å². The fraction of sp³-hybridized carbons (Fsp3) is 0.333. The van der Waals surface area contributed by atoms with Crippen molar-refractivity contribution < 1.29 is 23.1 Å². The van der Waals surface area contributed by atoms with E-state index in [2.05, 4.69) is 10.1 Å². The van der Waals surface area contributed by atoms with Crippen LogP contribution in [0.3, 0.4) is 0 Å². The minimum Gasteiger partial charge on any atom is -0.456 e. The maximum atomic E-state index is 12.0. The number of anilines is 1. The highest BCUT2D eigenvalue weighted by molar-refractivity contribution is 6.34. The Morgan fingerprint density at radius 3 is 2.85 bits per heavy atom. The number of esters is 1. The zero-order valence-electron chi connectivity index (χ0n) is 10.2. The third-order valence-electron chi connectivity index (χ3n) is 2.67. The Morgan fingerprint density at radius 2 is 2.25 bits per heavy atom. The van der Waals surface area contributed by atoms with Gasteiger partial charge in [-0.05, 0) is 18.2 Å². The normalized spacial score (nSPS) is 14.6. The van der Waals surface area contributed by atoms with Gasteiger partial charge in [0, 0.05) is 13.1 Å². The molecule has 1 heterocycles. The van der Waals surface area contributed by atoms with E-state index in [4.69, 9.17) is 11.6 Å². The van der Waals surface area contributed by atoms with Crippen LogP contribution in [-0.2, 0) is 4.74 Å². The molecule has 0 aromatic heterocycles. The van der Waals surface area contributed by atoms with Crippen molar-refractivity contribution in [2.24, 2.45) is 0 Å². The van der Waals surface area contributed by atoms with E-state index in [1.54, 1.807) is 0 Å². The lowest BCUT2D eigenvalue weighted by Crippen LogP contribution is -2.28. The van der Waals surface area contributed by atoms with Gasteiger partial charge in [-0.25, -0.2) is 18.4 Å². The van der Waals surface area contributed by atoms with Gasteiger partial charge in [0.05, 0.1) is 16.3 Å². The quantitative estimate of drug-likeness (QED) is 0.868. The Kier molecular flexibility index (Phi) is 4.39. The Labute approximate surface area is 118 Å². The third kappa shape index (κ3) is 3.16. The van der Waals surface area contributed by atoms with Crippen molar-refractivity contribution in [2.45, 2.75) is 6.43 Å². The predicted octanol–water partition coefficient (Wildman–Crippen LogP) is 2.29. The van der Waals surface area contributed by atoms with Crippen LogP contribution in [0, 0.1) is 0 Å². The molecule has 8 heteroatoms. The Hall–Kier alpha value is -1.89. The number of nitrogens with zero attached hydrogens (tertiary/aromatic N) is 1. The Bertz CT molecular complexity index is 539. The van der Waals surface area contributed by atoms with Crippen LogP contribution in [0.1, 0.15) is 10.4 Å². The highest BCUT2D eigenvalue weighted by atomic mass is 35.5. The lowest BCUT2D eigenvalue weighted by molar-refractivity contribution is 0.0160. The first-order valence-corrected chi connectivity index (χ1v) is 6.17. The number of ether oxygens (including phenoxy) is 1. The van der Waals surface area contributed by atoms with Crippen LogP contribution in [-0.4, -0.2) is 38.1 Å². The van der Waals surface area contributed by atoms with Crippen molar-refractivity contribution in [3.63, 3.8) is 0 Å². The number of rotatable bonds is 4. The van der Waals surface area contributed by atoms with Crippen molar-refractivity contribution >= 4 is 29.3 Å². The summed E-state index contributed by atoms with van der Waals surface area (Å²) in [4.78, 5) is 24.5. The highest BCUT2D eigenvalue weighted by Gasteiger charge is 2.24. The molecule has 0 bridgehead atoms. The molecule has 0 atom stereocenters. The summed E-state index contributed by atoms with van der Waals surface area (Å²) in [7, 11) is 0.